The number of nitrogens with one attached hydrogen (secondary N) is 1. The highest BCUT2D eigenvalue weighted by Crippen LogP contribution is 2.45. The first-order valence-corrected chi connectivity index (χ1v) is 14.0. The molecule has 1 aromatic carbocycles. The number of β-lactam (4-membered cyclic amide) rings is 1. The van der Waals surface area contributed by atoms with Gasteiger partial charge in [0, 0.05) is 49.9 Å². The second kappa shape index (κ2) is 9.42. The van der Waals surface area contributed by atoms with Crippen LogP contribution in [0.4, 0.5) is 10.1 Å². The third-order valence-electron chi connectivity index (χ3n) is 9.09. The Labute approximate surface area is 224 Å². The van der Waals surface area contributed by atoms with Gasteiger partial charge in [0.15, 0.2) is 0 Å². The van der Waals surface area contributed by atoms with E-state index in [0.717, 1.165) is 61.4 Å². The van der Waals surface area contributed by atoms with E-state index in [1.807, 2.05) is 11.1 Å². The van der Waals surface area contributed by atoms with Crippen LogP contribution in [0.1, 0.15) is 63.3 Å². The van der Waals surface area contributed by atoms with Gasteiger partial charge in [-0.2, -0.15) is 0 Å². The normalized spacial score (nSPS) is 28.3. The maximum Gasteiger partial charge on any atom is 0.241 e. The third kappa shape index (κ3) is 4.51. The molecule has 4 aliphatic rings. The molecule has 7 nitrogen and oxygen atoms in total. The zero-order chi connectivity index (χ0) is 26.7. The Morgan fingerprint density at radius 2 is 2.00 bits per heavy atom. The molecule has 3 fully saturated rings. The van der Waals surface area contributed by atoms with Crippen LogP contribution in [0.3, 0.4) is 0 Å². The monoisotopic (exact) mass is 519 g/mol. The van der Waals surface area contributed by atoms with Crippen LogP contribution in [-0.4, -0.2) is 76.9 Å². The van der Waals surface area contributed by atoms with Crippen LogP contribution < -0.4 is 10.2 Å². The second-order valence-electron chi connectivity index (χ2n) is 12.5. The zero-order valence-electron chi connectivity index (χ0n) is 22.7. The van der Waals surface area contributed by atoms with Crippen molar-refractivity contribution in [2.45, 2.75) is 75.9 Å². The fraction of sp³-hybridized carbons (Fsp3) is 0.567. The molecule has 5 heterocycles. The number of carbonyl (C=O) groups is 2. The van der Waals surface area contributed by atoms with Gasteiger partial charge in [0.2, 0.25) is 11.8 Å². The quantitative estimate of drug-likeness (QED) is 0.594. The van der Waals surface area contributed by atoms with Gasteiger partial charge in [0.05, 0.1) is 29.9 Å². The van der Waals surface area contributed by atoms with Gasteiger partial charge in [-0.15, -0.1) is 0 Å². The lowest BCUT2D eigenvalue weighted by Gasteiger charge is -2.51. The Bertz CT molecular complexity index is 1250. The Balaban J connectivity index is 1.20. The molecule has 0 saturated carbocycles. The Hall–Kier alpha value is -2.84. The van der Waals surface area contributed by atoms with Gasteiger partial charge in [0.1, 0.15) is 5.82 Å². The van der Waals surface area contributed by atoms with E-state index in [1.54, 1.807) is 12.1 Å². The molecule has 0 radical (unpaired) electrons. The van der Waals surface area contributed by atoms with Crippen molar-refractivity contribution in [1.82, 2.24) is 20.1 Å². The average Bonchev–Trinajstić information content (AvgIpc) is 3.35. The summed E-state index contributed by atoms with van der Waals surface area (Å²) in [7, 11) is 0. The number of amides is 2. The van der Waals surface area contributed by atoms with Crippen molar-refractivity contribution in [1.29, 1.82) is 0 Å². The van der Waals surface area contributed by atoms with Crippen molar-refractivity contribution in [2.75, 3.05) is 37.6 Å². The van der Waals surface area contributed by atoms with E-state index in [4.69, 9.17) is 4.98 Å². The number of anilines is 1. The lowest BCUT2D eigenvalue weighted by atomic mass is 9.78. The number of hydrogen-bond acceptors (Lipinski definition) is 5. The lowest BCUT2D eigenvalue weighted by molar-refractivity contribution is -0.154. The number of aromatic nitrogens is 1. The number of rotatable bonds is 6. The predicted octanol–water partition coefficient (Wildman–Crippen LogP) is 3.25. The molecular weight excluding hydrogens is 481 g/mol. The molecule has 1 N–H and O–H groups in total. The van der Waals surface area contributed by atoms with E-state index < -0.39 is 0 Å². The summed E-state index contributed by atoms with van der Waals surface area (Å²) in [5.41, 5.74) is 3.62. The van der Waals surface area contributed by atoms with Gasteiger partial charge in [0.25, 0.3) is 0 Å². The van der Waals surface area contributed by atoms with E-state index >= 15 is 0 Å². The number of fused-ring (bicyclic) bond motifs is 2. The van der Waals surface area contributed by atoms with E-state index in [9.17, 15) is 14.0 Å². The molecule has 1 unspecified atom stereocenters. The average molecular weight is 520 g/mol. The molecule has 8 heteroatoms. The van der Waals surface area contributed by atoms with Crippen LogP contribution in [0.5, 0.6) is 0 Å². The highest BCUT2D eigenvalue weighted by atomic mass is 19.1. The zero-order valence-corrected chi connectivity index (χ0v) is 22.7. The molecule has 38 heavy (non-hydrogen) atoms. The molecule has 3 saturated heterocycles. The van der Waals surface area contributed by atoms with Crippen molar-refractivity contribution in [3.8, 4) is 0 Å². The molecule has 4 aliphatic heterocycles. The minimum atomic E-state index is -0.246. The highest BCUT2D eigenvalue weighted by Gasteiger charge is 2.55. The maximum atomic E-state index is 13.9. The van der Waals surface area contributed by atoms with Crippen LogP contribution in [0.15, 0.2) is 36.5 Å². The van der Waals surface area contributed by atoms with Crippen LogP contribution in [0.25, 0.3) is 0 Å². The molecule has 1 aromatic heterocycles. The summed E-state index contributed by atoms with van der Waals surface area (Å²) in [4.78, 5) is 37.2. The van der Waals surface area contributed by atoms with E-state index in [1.165, 1.54) is 12.1 Å². The number of hydrogen-bond donors (Lipinski definition) is 1. The lowest BCUT2D eigenvalue weighted by Crippen LogP contribution is -2.65. The summed E-state index contributed by atoms with van der Waals surface area (Å²) in [5, 5.41) is 3.61. The SMILES string of the molecule is C[C@@H]1CN(CC(=O)N2CC(C)(C)c3ncc(Cc4ccc(F)cc4)cc32)[C@H](CC23CCCN2C(=O)C3)CN1. The molecule has 2 aromatic rings. The Morgan fingerprint density at radius 3 is 2.76 bits per heavy atom. The van der Waals surface area contributed by atoms with Crippen molar-refractivity contribution in [3.63, 3.8) is 0 Å². The summed E-state index contributed by atoms with van der Waals surface area (Å²) < 4.78 is 13.4. The summed E-state index contributed by atoms with van der Waals surface area (Å²) in [6, 6.07) is 9.16. The largest absolute Gasteiger partial charge is 0.336 e. The molecule has 3 atom stereocenters. The van der Waals surface area contributed by atoms with Crippen LogP contribution in [0.2, 0.25) is 0 Å². The van der Waals surface area contributed by atoms with E-state index in [-0.39, 0.29) is 34.6 Å². The number of carbonyl (C=O) groups excluding carboxylic acids is 2. The fourth-order valence-electron chi connectivity index (χ4n) is 7.14. The summed E-state index contributed by atoms with van der Waals surface area (Å²) >= 11 is 0. The highest BCUT2D eigenvalue weighted by molar-refractivity contribution is 5.97. The van der Waals surface area contributed by atoms with E-state index in [0.29, 0.717) is 32.0 Å². The third-order valence-corrected chi connectivity index (χ3v) is 9.09. The first-order valence-electron chi connectivity index (χ1n) is 14.0. The first kappa shape index (κ1) is 25.4. The number of halogens is 1. The minimum Gasteiger partial charge on any atom is -0.336 e. The van der Waals surface area contributed by atoms with E-state index in [2.05, 4.69) is 42.0 Å². The van der Waals surface area contributed by atoms with Crippen LogP contribution in [-0.2, 0) is 21.4 Å². The molecule has 6 rings (SSSR count). The molecule has 0 aliphatic carbocycles. The number of nitrogens with zero attached hydrogens (tertiary/aromatic N) is 4. The number of pyridine rings is 1. The predicted molar refractivity (Wildman–Crippen MR) is 145 cm³/mol. The fourth-order valence-corrected chi connectivity index (χ4v) is 7.14. The summed E-state index contributed by atoms with van der Waals surface area (Å²) in [6.45, 7) is 9.94. The summed E-state index contributed by atoms with van der Waals surface area (Å²) in [6.07, 6.45) is 6.25. The van der Waals surface area contributed by atoms with Crippen molar-refractivity contribution >= 4 is 17.5 Å². The van der Waals surface area contributed by atoms with Gasteiger partial charge >= 0.3 is 0 Å². The topological polar surface area (TPSA) is 68.8 Å². The van der Waals surface area contributed by atoms with Crippen LogP contribution >= 0.6 is 0 Å². The molecule has 2 amide bonds. The Kier molecular flexibility index (Phi) is 6.30. The minimum absolute atomic E-state index is 0.00723. The second-order valence-corrected chi connectivity index (χ2v) is 12.5. The maximum absolute atomic E-state index is 13.9. The number of piperazine rings is 1. The number of benzene rings is 1. The van der Waals surface area contributed by atoms with Crippen molar-refractivity contribution < 1.29 is 14.0 Å². The first-order chi connectivity index (χ1) is 18.1. The molecule has 202 valence electrons. The molecular formula is C30H38FN5O2. The van der Waals surface area contributed by atoms with Gasteiger partial charge < -0.3 is 15.1 Å². The van der Waals surface area contributed by atoms with Crippen molar-refractivity contribution in [3.05, 3.63) is 59.2 Å². The van der Waals surface area contributed by atoms with Gasteiger partial charge in [-0.25, -0.2) is 4.39 Å². The van der Waals surface area contributed by atoms with Crippen molar-refractivity contribution in [2.24, 2.45) is 0 Å². The summed E-state index contributed by atoms with van der Waals surface area (Å²) in [5.74, 6) is 0.133. The van der Waals surface area contributed by atoms with Gasteiger partial charge in [-0.1, -0.05) is 26.0 Å². The smallest absolute Gasteiger partial charge is 0.241 e. The Morgan fingerprint density at radius 1 is 1.21 bits per heavy atom. The standard InChI is InChI=1S/C30H38FN5O2/c1-20-17-34(24(16-32-20)13-30-9-4-10-36(30)26(37)14-30)18-27(38)35-19-29(2,3)28-25(35)12-22(15-33-28)11-21-5-7-23(31)8-6-21/h5-8,12,15,20,24,32H,4,9-11,13-14,16-19H2,1-3H3/t20-,24-,30?/m1/s1. The van der Waals surface area contributed by atoms with Gasteiger partial charge in [-0.05, 0) is 61.9 Å². The molecule has 0 bridgehead atoms. The van der Waals surface area contributed by atoms with Crippen LogP contribution in [0, 0.1) is 5.82 Å². The van der Waals surface area contributed by atoms with Gasteiger partial charge in [-0.3, -0.25) is 19.5 Å². The molecule has 0 spiro atoms.